The lowest BCUT2D eigenvalue weighted by Crippen LogP contribution is -2.17. The number of hydrogen-bond donors (Lipinski definition) is 2. The van der Waals surface area contributed by atoms with E-state index in [1.165, 1.54) is 6.20 Å². The maximum atomic E-state index is 12.2. The van der Waals surface area contributed by atoms with E-state index in [0.717, 1.165) is 23.2 Å². The fourth-order valence-electron chi connectivity index (χ4n) is 1.95. The summed E-state index contributed by atoms with van der Waals surface area (Å²) < 4.78 is 0. The molecule has 0 aliphatic heterocycles. The van der Waals surface area contributed by atoms with E-state index < -0.39 is 0 Å². The predicted octanol–water partition coefficient (Wildman–Crippen LogP) is 3.56. The van der Waals surface area contributed by atoms with Gasteiger partial charge in [-0.2, -0.15) is 0 Å². The first kappa shape index (κ1) is 15.9. The minimum absolute atomic E-state index is 0.253. The summed E-state index contributed by atoms with van der Waals surface area (Å²) >= 11 is 0. The molecule has 1 aromatic heterocycles. The minimum atomic E-state index is -0.253. The van der Waals surface area contributed by atoms with Crippen molar-refractivity contribution >= 4 is 17.4 Å². The van der Waals surface area contributed by atoms with E-state index in [2.05, 4.69) is 34.4 Å². The Morgan fingerprint density at radius 2 is 2.00 bits per heavy atom. The number of rotatable bonds is 5. The smallest absolute Gasteiger partial charge is 0.275 e. The Balaban J connectivity index is 2.08. The maximum Gasteiger partial charge on any atom is 0.275 e. The van der Waals surface area contributed by atoms with Crippen LogP contribution in [0, 0.1) is 13.8 Å². The van der Waals surface area contributed by atoms with Gasteiger partial charge in [0.25, 0.3) is 5.91 Å². The van der Waals surface area contributed by atoms with Gasteiger partial charge in [-0.3, -0.25) is 4.79 Å². The minimum Gasteiger partial charge on any atom is -0.366 e. The summed E-state index contributed by atoms with van der Waals surface area (Å²) in [6.07, 6.45) is 4.08. The monoisotopic (exact) mass is 298 g/mol. The molecule has 1 unspecified atom stereocenters. The van der Waals surface area contributed by atoms with Crippen LogP contribution >= 0.6 is 0 Å². The highest BCUT2D eigenvalue weighted by atomic mass is 16.1. The Labute approximate surface area is 131 Å². The van der Waals surface area contributed by atoms with Gasteiger partial charge in [0.1, 0.15) is 11.5 Å². The van der Waals surface area contributed by atoms with Gasteiger partial charge in [0.05, 0.1) is 12.4 Å². The average molecular weight is 298 g/mol. The van der Waals surface area contributed by atoms with Crippen LogP contribution in [0.4, 0.5) is 11.5 Å². The van der Waals surface area contributed by atoms with Crippen LogP contribution in [0.25, 0.3) is 0 Å². The van der Waals surface area contributed by atoms with Crippen LogP contribution in [-0.2, 0) is 0 Å². The van der Waals surface area contributed by atoms with Crippen molar-refractivity contribution in [2.45, 2.75) is 40.2 Å². The van der Waals surface area contributed by atoms with Crippen molar-refractivity contribution in [1.82, 2.24) is 9.97 Å². The van der Waals surface area contributed by atoms with E-state index >= 15 is 0 Å². The Hall–Kier alpha value is -2.43. The number of hydrogen-bond acceptors (Lipinski definition) is 4. The molecule has 0 aliphatic rings. The lowest BCUT2D eigenvalue weighted by Gasteiger charge is -2.12. The van der Waals surface area contributed by atoms with Gasteiger partial charge in [0.15, 0.2) is 0 Å². The van der Waals surface area contributed by atoms with E-state index in [9.17, 15) is 4.79 Å². The van der Waals surface area contributed by atoms with Crippen LogP contribution in [0.15, 0.2) is 30.6 Å². The van der Waals surface area contributed by atoms with Crippen molar-refractivity contribution in [2.24, 2.45) is 0 Å². The summed E-state index contributed by atoms with van der Waals surface area (Å²) in [5.74, 6) is 0.425. The summed E-state index contributed by atoms with van der Waals surface area (Å²) in [6, 6.07) is 6.14. The van der Waals surface area contributed by atoms with Gasteiger partial charge >= 0.3 is 0 Å². The molecule has 0 aliphatic carbocycles. The molecule has 1 amide bonds. The number of carbonyl (C=O) groups excluding carboxylic acids is 1. The summed E-state index contributed by atoms with van der Waals surface area (Å²) in [6.45, 7) is 8.16. The van der Waals surface area contributed by atoms with Crippen LogP contribution in [0.5, 0.6) is 0 Å². The molecule has 0 radical (unpaired) electrons. The first-order chi connectivity index (χ1) is 10.5. The number of nitrogens with one attached hydrogen (secondary N) is 2. The second-order valence-corrected chi connectivity index (χ2v) is 5.44. The molecule has 0 bridgehead atoms. The Morgan fingerprint density at radius 1 is 1.23 bits per heavy atom. The number of nitrogens with zero attached hydrogens (tertiary/aromatic N) is 2. The maximum absolute atomic E-state index is 12.2. The number of carbonyl (C=O) groups is 1. The van der Waals surface area contributed by atoms with Crippen molar-refractivity contribution < 1.29 is 4.79 Å². The van der Waals surface area contributed by atoms with Crippen molar-refractivity contribution in [3.8, 4) is 0 Å². The quantitative estimate of drug-likeness (QED) is 0.885. The van der Waals surface area contributed by atoms with Crippen LogP contribution in [0.1, 0.15) is 41.9 Å². The zero-order chi connectivity index (χ0) is 16.1. The zero-order valence-electron chi connectivity index (χ0n) is 13.5. The van der Waals surface area contributed by atoms with E-state index in [1.807, 2.05) is 32.0 Å². The molecule has 2 N–H and O–H groups in total. The van der Waals surface area contributed by atoms with Crippen LogP contribution in [0.2, 0.25) is 0 Å². The molecule has 0 saturated carbocycles. The standard InChI is InChI=1S/C17H22N4O/c1-5-12(3)20-16-10-18-15(9-19-16)17(22)21-14-8-6-7-11(2)13(14)4/h6-10,12H,5H2,1-4H3,(H,19,20)(H,21,22). The summed E-state index contributed by atoms with van der Waals surface area (Å²) in [5, 5.41) is 6.10. The normalized spacial score (nSPS) is 11.8. The lowest BCUT2D eigenvalue weighted by molar-refractivity contribution is 0.102. The Morgan fingerprint density at radius 3 is 2.64 bits per heavy atom. The molecule has 116 valence electrons. The topological polar surface area (TPSA) is 66.9 Å². The zero-order valence-corrected chi connectivity index (χ0v) is 13.5. The van der Waals surface area contributed by atoms with Crippen molar-refractivity contribution in [1.29, 1.82) is 0 Å². The molecular weight excluding hydrogens is 276 g/mol. The number of anilines is 2. The fraction of sp³-hybridized carbons (Fsp3) is 0.353. The van der Waals surface area contributed by atoms with Gasteiger partial charge in [-0.1, -0.05) is 19.1 Å². The van der Waals surface area contributed by atoms with Crippen LogP contribution in [-0.4, -0.2) is 21.9 Å². The first-order valence-corrected chi connectivity index (χ1v) is 7.47. The molecule has 0 saturated heterocycles. The van der Waals surface area contributed by atoms with Gasteiger partial charge < -0.3 is 10.6 Å². The van der Waals surface area contributed by atoms with E-state index in [0.29, 0.717) is 17.6 Å². The second-order valence-electron chi connectivity index (χ2n) is 5.44. The van der Waals surface area contributed by atoms with Gasteiger partial charge in [-0.05, 0) is 44.4 Å². The SMILES string of the molecule is CCC(C)Nc1cnc(C(=O)Nc2cccc(C)c2C)cn1. The number of benzene rings is 1. The average Bonchev–Trinajstić information content (AvgIpc) is 2.52. The van der Waals surface area contributed by atoms with Gasteiger partial charge in [-0.25, -0.2) is 9.97 Å². The number of aryl methyl sites for hydroxylation is 1. The van der Waals surface area contributed by atoms with E-state index in [1.54, 1.807) is 6.20 Å². The number of aromatic nitrogens is 2. The van der Waals surface area contributed by atoms with Crippen molar-refractivity contribution in [2.75, 3.05) is 10.6 Å². The molecule has 22 heavy (non-hydrogen) atoms. The molecule has 1 atom stereocenters. The third-order valence-electron chi connectivity index (χ3n) is 3.74. The van der Waals surface area contributed by atoms with Gasteiger partial charge in [0.2, 0.25) is 0 Å². The molecule has 2 aromatic rings. The molecule has 2 rings (SSSR count). The third kappa shape index (κ3) is 3.81. The molecular formula is C17H22N4O. The van der Waals surface area contributed by atoms with Gasteiger partial charge in [-0.15, -0.1) is 0 Å². The summed E-state index contributed by atoms with van der Waals surface area (Å²) in [5.41, 5.74) is 3.29. The molecule has 5 nitrogen and oxygen atoms in total. The molecule has 0 spiro atoms. The largest absolute Gasteiger partial charge is 0.366 e. The Kier molecular flexibility index (Phi) is 5.09. The third-order valence-corrected chi connectivity index (χ3v) is 3.74. The van der Waals surface area contributed by atoms with Crippen molar-refractivity contribution in [3.05, 3.63) is 47.4 Å². The highest BCUT2D eigenvalue weighted by Crippen LogP contribution is 2.18. The fourth-order valence-corrected chi connectivity index (χ4v) is 1.95. The second kappa shape index (κ2) is 7.02. The molecule has 1 heterocycles. The highest BCUT2D eigenvalue weighted by molar-refractivity contribution is 6.03. The molecule has 1 aromatic carbocycles. The van der Waals surface area contributed by atoms with Gasteiger partial charge in [0, 0.05) is 11.7 Å². The number of amides is 1. The first-order valence-electron chi connectivity index (χ1n) is 7.47. The predicted molar refractivity (Wildman–Crippen MR) is 89.3 cm³/mol. The van der Waals surface area contributed by atoms with Crippen LogP contribution < -0.4 is 10.6 Å². The molecule has 0 fully saturated rings. The highest BCUT2D eigenvalue weighted by Gasteiger charge is 2.11. The Bertz CT molecular complexity index is 652. The van der Waals surface area contributed by atoms with Crippen molar-refractivity contribution in [3.63, 3.8) is 0 Å². The lowest BCUT2D eigenvalue weighted by atomic mass is 10.1. The summed E-state index contributed by atoms with van der Waals surface area (Å²) in [4.78, 5) is 20.6. The van der Waals surface area contributed by atoms with Crippen LogP contribution in [0.3, 0.4) is 0 Å². The molecule has 5 heteroatoms. The van der Waals surface area contributed by atoms with E-state index in [4.69, 9.17) is 0 Å². The summed E-state index contributed by atoms with van der Waals surface area (Å²) in [7, 11) is 0. The van der Waals surface area contributed by atoms with E-state index in [-0.39, 0.29) is 5.91 Å².